The van der Waals surface area contributed by atoms with Crippen molar-refractivity contribution in [3.63, 3.8) is 0 Å². The van der Waals surface area contributed by atoms with Gasteiger partial charge in [0.1, 0.15) is 5.82 Å². The summed E-state index contributed by atoms with van der Waals surface area (Å²) in [7, 11) is 0. The number of hydrogen-bond acceptors (Lipinski definition) is 2. The molecule has 1 saturated heterocycles. The van der Waals surface area contributed by atoms with Crippen LogP contribution in [-0.2, 0) is 10.9 Å². The zero-order valence-electron chi connectivity index (χ0n) is 11.8. The number of ether oxygens (including phenoxy) is 1. The van der Waals surface area contributed by atoms with Crippen molar-refractivity contribution in [3.8, 4) is 0 Å². The van der Waals surface area contributed by atoms with Crippen LogP contribution in [0.25, 0.3) is 0 Å². The van der Waals surface area contributed by atoms with Crippen LogP contribution in [0.3, 0.4) is 0 Å². The van der Waals surface area contributed by atoms with Crippen LogP contribution in [0.5, 0.6) is 0 Å². The van der Waals surface area contributed by atoms with Crippen LogP contribution >= 0.6 is 0 Å². The summed E-state index contributed by atoms with van der Waals surface area (Å²) in [6, 6.07) is 2.38. The lowest BCUT2D eigenvalue weighted by atomic mass is 9.57. The van der Waals surface area contributed by atoms with Crippen LogP contribution < -0.4 is 5.32 Å². The van der Waals surface area contributed by atoms with Gasteiger partial charge in [-0.2, -0.15) is 13.2 Å². The number of rotatable bonds is 2. The Hall–Kier alpha value is -1.30. The molecule has 0 bridgehead atoms. The lowest BCUT2D eigenvalue weighted by Crippen LogP contribution is -2.63. The largest absolute Gasteiger partial charge is 0.416 e. The first-order valence-electron chi connectivity index (χ1n) is 6.96. The molecule has 2 aliphatic rings. The highest BCUT2D eigenvalue weighted by Crippen LogP contribution is 2.53. The molecule has 3 atom stereocenters. The number of anilines is 1. The van der Waals surface area contributed by atoms with Crippen molar-refractivity contribution in [2.75, 3.05) is 11.9 Å². The molecule has 1 aliphatic heterocycles. The minimum Gasteiger partial charge on any atom is -0.379 e. The van der Waals surface area contributed by atoms with E-state index in [1.165, 1.54) is 0 Å². The first-order chi connectivity index (χ1) is 9.71. The maximum atomic E-state index is 13.8. The number of nitrogens with one attached hydrogen (secondary N) is 1. The van der Waals surface area contributed by atoms with Crippen molar-refractivity contribution in [2.24, 2.45) is 11.3 Å². The SMILES string of the molecule is CC1(C)C(Nc2cc(C(F)(F)F)ccc2F)C2CCOC21. The van der Waals surface area contributed by atoms with Crippen molar-refractivity contribution in [3.05, 3.63) is 29.6 Å². The Morgan fingerprint density at radius 3 is 2.67 bits per heavy atom. The Balaban J connectivity index is 1.85. The molecule has 1 aromatic carbocycles. The summed E-state index contributed by atoms with van der Waals surface area (Å²) < 4.78 is 57.6. The van der Waals surface area contributed by atoms with E-state index in [0.29, 0.717) is 6.61 Å². The maximum Gasteiger partial charge on any atom is 0.416 e. The Morgan fingerprint density at radius 1 is 1.29 bits per heavy atom. The van der Waals surface area contributed by atoms with Gasteiger partial charge in [-0.25, -0.2) is 4.39 Å². The minimum absolute atomic E-state index is 0.0806. The Morgan fingerprint density at radius 2 is 2.00 bits per heavy atom. The topological polar surface area (TPSA) is 21.3 Å². The van der Waals surface area contributed by atoms with Gasteiger partial charge in [-0.3, -0.25) is 0 Å². The van der Waals surface area contributed by atoms with Crippen LogP contribution in [0.1, 0.15) is 25.8 Å². The van der Waals surface area contributed by atoms with Crippen molar-refractivity contribution in [2.45, 2.75) is 38.6 Å². The standard InChI is InChI=1S/C15H17F4NO/c1-14(2)12(9-5-6-21-13(9)14)20-11-7-8(15(17,18)19)3-4-10(11)16/h3-4,7,9,12-13,20H,5-6H2,1-2H3. The van der Waals surface area contributed by atoms with Gasteiger partial charge in [0.05, 0.1) is 17.4 Å². The number of benzene rings is 1. The molecule has 6 heteroatoms. The molecule has 1 N–H and O–H groups in total. The van der Waals surface area contributed by atoms with E-state index < -0.39 is 17.6 Å². The summed E-state index contributed by atoms with van der Waals surface area (Å²) in [6.07, 6.45) is -3.52. The molecular weight excluding hydrogens is 286 g/mol. The maximum absolute atomic E-state index is 13.8. The van der Waals surface area contributed by atoms with E-state index in [0.717, 1.165) is 24.6 Å². The third-order valence-electron chi connectivity index (χ3n) is 4.71. The smallest absolute Gasteiger partial charge is 0.379 e. The first kappa shape index (κ1) is 14.6. The van der Waals surface area contributed by atoms with Crippen molar-refractivity contribution in [1.82, 2.24) is 0 Å². The molecule has 116 valence electrons. The van der Waals surface area contributed by atoms with Crippen LogP contribution in [0, 0.1) is 17.2 Å². The Labute approximate surface area is 120 Å². The monoisotopic (exact) mass is 303 g/mol. The lowest BCUT2D eigenvalue weighted by Gasteiger charge is -2.55. The zero-order valence-corrected chi connectivity index (χ0v) is 11.8. The fourth-order valence-electron chi connectivity index (χ4n) is 3.60. The quantitative estimate of drug-likeness (QED) is 0.832. The molecule has 2 fully saturated rings. The lowest BCUT2D eigenvalue weighted by molar-refractivity contribution is -0.137. The van der Waals surface area contributed by atoms with Crippen LogP contribution in [0.2, 0.25) is 0 Å². The molecule has 21 heavy (non-hydrogen) atoms. The van der Waals surface area contributed by atoms with E-state index in [-0.39, 0.29) is 29.2 Å². The molecule has 3 unspecified atom stereocenters. The molecule has 0 amide bonds. The Kier molecular flexibility index (Phi) is 3.20. The third kappa shape index (κ3) is 2.29. The van der Waals surface area contributed by atoms with Crippen molar-refractivity contribution >= 4 is 5.69 Å². The van der Waals surface area contributed by atoms with Crippen molar-refractivity contribution in [1.29, 1.82) is 0 Å². The van der Waals surface area contributed by atoms with Gasteiger partial charge in [-0.05, 0) is 24.6 Å². The summed E-state index contributed by atoms with van der Waals surface area (Å²) in [6.45, 7) is 4.63. The summed E-state index contributed by atoms with van der Waals surface area (Å²) in [5.74, 6) is -0.435. The molecule has 3 rings (SSSR count). The molecular formula is C15H17F4NO. The molecule has 1 heterocycles. The van der Waals surface area contributed by atoms with Gasteiger partial charge in [0.2, 0.25) is 0 Å². The molecule has 1 aromatic rings. The van der Waals surface area contributed by atoms with Crippen LogP contribution in [0.4, 0.5) is 23.2 Å². The fraction of sp³-hybridized carbons (Fsp3) is 0.600. The highest BCUT2D eigenvalue weighted by molar-refractivity contribution is 5.50. The fourth-order valence-corrected chi connectivity index (χ4v) is 3.60. The van der Waals surface area contributed by atoms with Crippen LogP contribution in [0.15, 0.2) is 18.2 Å². The van der Waals surface area contributed by atoms with Crippen molar-refractivity contribution < 1.29 is 22.3 Å². The summed E-state index contributed by atoms with van der Waals surface area (Å²) in [5, 5.41) is 2.97. The molecule has 0 aromatic heterocycles. The molecule has 1 saturated carbocycles. The van der Waals surface area contributed by atoms with Gasteiger partial charge in [-0.15, -0.1) is 0 Å². The van der Waals surface area contributed by atoms with E-state index in [1.54, 1.807) is 0 Å². The van der Waals surface area contributed by atoms with E-state index in [1.807, 2.05) is 13.8 Å². The van der Waals surface area contributed by atoms with Gasteiger partial charge < -0.3 is 10.1 Å². The second kappa shape index (κ2) is 4.60. The van der Waals surface area contributed by atoms with Crippen LogP contribution in [-0.4, -0.2) is 18.8 Å². The Bertz CT molecular complexity index is 555. The summed E-state index contributed by atoms with van der Waals surface area (Å²) in [4.78, 5) is 0. The third-order valence-corrected chi connectivity index (χ3v) is 4.71. The number of alkyl halides is 3. The van der Waals surface area contributed by atoms with Gasteiger partial charge in [-0.1, -0.05) is 13.8 Å². The molecule has 0 spiro atoms. The summed E-state index contributed by atoms with van der Waals surface area (Å²) in [5.41, 5.74) is -1.15. The molecule has 1 aliphatic carbocycles. The average molecular weight is 303 g/mol. The first-order valence-corrected chi connectivity index (χ1v) is 6.96. The van der Waals surface area contributed by atoms with Gasteiger partial charge >= 0.3 is 6.18 Å². The highest BCUT2D eigenvalue weighted by Gasteiger charge is 2.59. The predicted octanol–water partition coefficient (Wildman–Crippen LogP) is 4.07. The van der Waals surface area contributed by atoms with E-state index in [4.69, 9.17) is 4.74 Å². The number of hydrogen-bond donors (Lipinski definition) is 1. The van der Waals surface area contributed by atoms with Gasteiger partial charge in [0, 0.05) is 24.0 Å². The van der Waals surface area contributed by atoms with E-state index in [9.17, 15) is 17.6 Å². The zero-order chi connectivity index (χ0) is 15.4. The van der Waals surface area contributed by atoms with E-state index in [2.05, 4.69) is 5.32 Å². The highest BCUT2D eigenvalue weighted by atomic mass is 19.4. The van der Waals surface area contributed by atoms with Gasteiger partial charge in [0.15, 0.2) is 0 Å². The average Bonchev–Trinajstić information content (AvgIpc) is 2.83. The predicted molar refractivity (Wildman–Crippen MR) is 70.4 cm³/mol. The molecule has 2 nitrogen and oxygen atoms in total. The summed E-state index contributed by atoms with van der Waals surface area (Å²) >= 11 is 0. The number of halogens is 4. The van der Waals surface area contributed by atoms with Gasteiger partial charge in [0.25, 0.3) is 0 Å². The normalized spacial score (nSPS) is 30.7. The molecule has 0 radical (unpaired) electrons. The van der Waals surface area contributed by atoms with E-state index >= 15 is 0 Å². The minimum atomic E-state index is -4.47. The second-order valence-electron chi connectivity index (χ2n) is 6.38. The second-order valence-corrected chi connectivity index (χ2v) is 6.38. The number of fused-ring (bicyclic) bond motifs is 1.